The van der Waals surface area contributed by atoms with Crippen LogP contribution < -0.4 is 15.3 Å². The topological polar surface area (TPSA) is 97.1 Å². The zero-order valence-electron chi connectivity index (χ0n) is 18.1. The maximum Gasteiger partial charge on any atom is 0.410 e. The van der Waals surface area contributed by atoms with Gasteiger partial charge in [-0.1, -0.05) is 41.9 Å². The van der Waals surface area contributed by atoms with Crippen molar-refractivity contribution in [2.45, 2.75) is 12.6 Å². The van der Waals surface area contributed by atoms with Crippen LogP contribution in [0.1, 0.15) is 11.6 Å². The van der Waals surface area contributed by atoms with Crippen molar-refractivity contribution in [1.82, 2.24) is 14.5 Å². The van der Waals surface area contributed by atoms with Crippen molar-refractivity contribution in [1.29, 1.82) is 0 Å². The Morgan fingerprint density at radius 2 is 1.97 bits per heavy atom. The van der Waals surface area contributed by atoms with Crippen molar-refractivity contribution in [2.75, 3.05) is 44.3 Å². The fourth-order valence-electron chi connectivity index (χ4n) is 4.31. The quantitative estimate of drug-likeness (QED) is 0.534. The summed E-state index contributed by atoms with van der Waals surface area (Å²) in [6.45, 7) is 1.90. The summed E-state index contributed by atoms with van der Waals surface area (Å²) >= 11 is 9.88. The number of aliphatic hydroxyl groups is 1. The lowest BCUT2D eigenvalue weighted by molar-refractivity contribution is 0.0941. The summed E-state index contributed by atoms with van der Waals surface area (Å²) in [6, 6.07) is 10.7. The molecule has 5 rings (SSSR count). The first-order chi connectivity index (χ1) is 16.5. The second-order valence-electron chi connectivity index (χ2n) is 8.15. The molecule has 0 saturated carbocycles. The van der Waals surface area contributed by atoms with Crippen LogP contribution in [0.3, 0.4) is 0 Å². The van der Waals surface area contributed by atoms with Crippen LogP contribution in [0.25, 0.3) is 10.9 Å². The van der Waals surface area contributed by atoms with Crippen LogP contribution in [-0.4, -0.2) is 65.0 Å². The molecule has 0 spiro atoms. The van der Waals surface area contributed by atoms with Crippen molar-refractivity contribution >= 4 is 50.3 Å². The van der Waals surface area contributed by atoms with E-state index in [4.69, 9.17) is 21.1 Å². The SMILES string of the molecule is O=C(OCc1ccccc1)N1CCN(c2nc(=O)n3c4c(c(Br)c(Cl)cc24)OCC3CO)CC1. The van der Waals surface area contributed by atoms with Crippen molar-refractivity contribution in [3.05, 3.63) is 61.9 Å². The first kappa shape index (κ1) is 22.9. The highest BCUT2D eigenvalue weighted by Gasteiger charge is 2.31. The third-order valence-corrected chi connectivity index (χ3v) is 7.39. The fraction of sp³-hybridized carbons (Fsp3) is 0.348. The molecule has 1 saturated heterocycles. The van der Waals surface area contributed by atoms with Gasteiger partial charge in [0.2, 0.25) is 0 Å². The van der Waals surface area contributed by atoms with Gasteiger partial charge in [0.15, 0.2) is 5.75 Å². The average Bonchev–Trinajstić information content (AvgIpc) is 2.87. The van der Waals surface area contributed by atoms with Crippen LogP contribution in [0.2, 0.25) is 5.02 Å². The predicted molar refractivity (Wildman–Crippen MR) is 131 cm³/mol. The van der Waals surface area contributed by atoms with E-state index in [-0.39, 0.29) is 25.9 Å². The molecule has 2 aromatic carbocycles. The van der Waals surface area contributed by atoms with Crippen LogP contribution in [0, 0.1) is 0 Å². The van der Waals surface area contributed by atoms with Gasteiger partial charge in [0, 0.05) is 31.6 Å². The first-order valence-corrected chi connectivity index (χ1v) is 12.0. The van der Waals surface area contributed by atoms with E-state index in [1.165, 1.54) is 4.57 Å². The van der Waals surface area contributed by atoms with Crippen LogP contribution in [0.4, 0.5) is 10.6 Å². The van der Waals surface area contributed by atoms with E-state index in [1.807, 2.05) is 35.2 Å². The Morgan fingerprint density at radius 1 is 1.24 bits per heavy atom. The lowest BCUT2D eigenvalue weighted by Crippen LogP contribution is -2.49. The van der Waals surface area contributed by atoms with Crippen molar-refractivity contribution in [3.8, 4) is 5.75 Å². The molecular weight excluding hydrogens is 528 g/mol. The average molecular weight is 550 g/mol. The van der Waals surface area contributed by atoms with Gasteiger partial charge in [-0.2, -0.15) is 4.98 Å². The second-order valence-corrected chi connectivity index (χ2v) is 9.35. The van der Waals surface area contributed by atoms with Gasteiger partial charge in [-0.05, 0) is 27.6 Å². The number of carbonyl (C=O) groups excluding carboxylic acids is 1. The number of piperazine rings is 1. The van der Waals surface area contributed by atoms with E-state index in [1.54, 1.807) is 11.0 Å². The second kappa shape index (κ2) is 9.44. The number of aliphatic hydroxyl groups excluding tert-OH is 1. The largest absolute Gasteiger partial charge is 0.488 e. The third-order valence-electron chi connectivity index (χ3n) is 6.08. The smallest absolute Gasteiger partial charge is 0.410 e. The highest BCUT2D eigenvalue weighted by atomic mass is 79.9. The Morgan fingerprint density at radius 3 is 2.68 bits per heavy atom. The zero-order valence-corrected chi connectivity index (χ0v) is 20.5. The Kier molecular flexibility index (Phi) is 6.37. The number of nitrogens with zero attached hydrogens (tertiary/aromatic N) is 4. The van der Waals surface area contributed by atoms with Gasteiger partial charge in [0.1, 0.15) is 24.5 Å². The van der Waals surface area contributed by atoms with E-state index in [0.29, 0.717) is 58.1 Å². The number of benzene rings is 2. The molecule has 9 nitrogen and oxygen atoms in total. The lowest BCUT2D eigenvalue weighted by Gasteiger charge is -2.36. The van der Waals surface area contributed by atoms with E-state index in [2.05, 4.69) is 20.9 Å². The number of aromatic nitrogens is 2. The maximum absolute atomic E-state index is 13.0. The van der Waals surface area contributed by atoms with Crippen LogP contribution in [-0.2, 0) is 11.3 Å². The molecule has 1 aromatic heterocycles. The van der Waals surface area contributed by atoms with Gasteiger partial charge in [-0.25, -0.2) is 9.59 Å². The molecule has 0 radical (unpaired) electrons. The first-order valence-electron chi connectivity index (χ1n) is 10.9. The zero-order chi connectivity index (χ0) is 23.8. The molecule has 1 atom stereocenters. The molecule has 0 aliphatic carbocycles. The van der Waals surface area contributed by atoms with E-state index in [9.17, 15) is 14.7 Å². The van der Waals surface area contributed by atoms with Gasteiger partial charge in [0.25, 0.3) is 0 Å². The number of halogens is 2. The molecule has 1 N–H and O–H groups in total. The minimum absolute atomic E-state index is 0.141. The van der Waals surface area contributed by atoms with Crippen molar-refractivity contribution < 1.29 is 19.4 Å². The summed E-state index contributed by atoms with van der Waals surface area (Å²) < 4.78 is 13.3. The van der Waals surface area contributed by atoms with Crippen LogP contribution in [0.5, 0.6) is 5.75 Å². The van der Waals surface area contributed by atoms with E-state index < -0.39 is 11.7 Å². The molecule has 178 valence electrons. The summed E-state index contributed by atoms with van der Waals surface area (Å²) in [5.74, 6) is 0.933. The summed E-state index contributed by atoms with van der Waals surface area (Å²) in [4.78, 5) is 33.5. The summed E-state index contributed by atoms with van der Waals surface area (Å²) in [5.41, 5.74) is 1.00. The van der Waals surface area contributed by atoms with Crippen molar-refractivity contribution in [3.63, 3.8) is 0 Å². The monoisotopic (exact) mass is 548 g/mol. The molecule has 1 unspecified atom stereocenters. The Labute approximate surface area is 208 Å². The third kappa shape index (κ3) is 4.10. The van der Waals surface area contributed by atoms with Crippen LogP contribution >= 0.6 is 27.5 Å². The number of amides is 1. The lowest BCUT2D eigenvalue weighted by atomic mass is 10.1. The van der Waals surface area contributed by atoms with Gasteiger partial charge in [-0.3, -0.25) is 4.57 Å². The molecule has 0 bridgehead atoms. The Balaban J connectivity index is 1.39. The Bertz CT molecular complexity index is 1290. The summed E-state index contributed by atoms with van der Waals surface area (Å²) in [7, 11) is 0. The highest BCUT2D eigenvalue weighted by Crippen LogP contribution is 2.44. The molecule has 1 amide bonds. The summed E-state index contributed by atoms with van der Waals surface area (Å²) in [5, 5.41) is 10.9. The molecule has 34 heavy (non-hydrogen) atoms. The Hall–Kier alpha value is -2.82. The number of hydrogen-bond donors (Lipinski definition) is 1. The van der Waals surface area contributed by atoms with Crippen molar-refractivity contribution in [2.24, 2.45) is 0 Å². The standard InChI is InChI=1S/C23H22BrClN4O5/c24-18-17(25)10-16-19-20(18)33-13-15(11-30)29(19)22(31)26-21(16)27-6-8-28(9-7-27)23(32)34-12-14-4-2-1-3-5-14/h1-5,10,15,30H,6-9,11-13H2. The molecule has 2 aliphatic heterocycles. The molecule has 3 heterocycles. The highest BCUT2D eigenvalue weighted by molar-refractivity contribution is 9.10. The van der Waals surface area contributed by atoms with Gasteiger partial charge in [0.05, 0.1) is 22.1 Å². The van der Waals surface area contributed by atoms with E-state index >= 15 is 0 Å². The number of ether oxygens (including phenoxy) is 2. The van der Waals surface area contributed by atoms with E-state index in [0.717, 1.165) is 5.56 Å². The number of anilines is 1. The normalized spacial score (nSPS) is 17.6. The number of hydrogen-bond acceptors (Lipinski definition) is 7. The summed E-state index contributed by atoms with van der Waals surface area (Å²) in [6.07, 6.45) is -0.375. The van der Waals surface area contributed by atoms with Gasteiger partial charge < -0.3 is 24.4 Å². The van der Waals surface area contributed by atoms with Gasteiger partial charge >= 0.3 is 11.8 Å². The predicted octanol–water partition coefficient (Wildman–Crippen LogP) is 3.20. The molecule has 2 aliphatic rings. The number of carbonyl (C=O) groups is 1. The minimum Gasteiger partial charge on any atom is -0.488 e. The molecular formula is C23H22BrClN4O5. The van der Waals surface area contributed by atoms with Gasteiger partial charge in [-0.15, -0.1) is 0 Å². The fourth-order valence-corrected chi connectivity index (χ4v) is 4.93. The number of rotatable bonds is 4. The molecule has 11 heteroatoms. The maximum atomic E-state index is 13.0. The molecule has 1 fully saturated rings. The minimum atomic E-state index is -0.534. The van der Waals surface area contributed by atoms with Crippen LogP contribution in [0.15, 0.2) is 45.7 Å². The molecule has 3 aromatic rings.